The second kappa shape index (κ2) is 8.16. The van der Waals surface area contributed by atoms with Crippen molar-refractivity contribution < 1.29 is 4.52 Å². The molecule has 0 atom stereocenters. The van der Waals surface area contributed by atoms with E-state index in [1.165, 1.54) is 0 Å². The van der Waals surface area contributed by atoms with Crippen LogP contribution in [-0.2, 0) is 14.1 Å². The summed E-state index contributed by atoms with van der Waals surface area (Å²) in [6, 6.07) is 0. The minimum atomic E-state index is 0.623. The molecule has 0 saturated carbocycles. The lowest BCUT2D eigenvalue weighted by Gasteiger charge is -1.84. The topological polar surface area (TPSA) is 100 Å². The summed E-state index contributed by atoms with van der Waals surface area (Å²) in [5, 5.41) is 11.6. The number of aryl methyl sites for hydroxylation is 8. The van der Waals surface area contributed by atoms with Crippen LogP contribution in [0, 0.1) is 41.5 Å². The van der Waals surface area contributed by atoms with Crippen LogP contribution in [0.5, 0.6) is 0 Å². The summed E-state index contributed by atoms with van der Waals surface area (Å²) in [5.74, 6) is 4.91. The minimum Gasteiger partial charge on any atom is -0.340 e. The standard InChI is InChI=1S/2C5H9N3.C4H6N2O/c2*1-4-6-5(2)8(3)7-4;1-3-5-4(2)7-6-3/h2*1-3H3;1-2H3. The normalized spacial score (nSPS) is 9.74. The third-order valence-corrected chi connectivity index (χ3v) is 2.80. The number of hydrogen-bond donors (Lipinski definition) is 0. The van der Waals surface area contributed by atoms with E-state index in [1.807, 2.05) is 41.8 Å². The molecule has 126 valence electrons. The van der Waals surface area contributed by atoms with E-state index in [0.29, 0.717) is 11.7 Å². The van der Waals surface area contributed by atoms with E-state index in [1.54, 1.807) is 23.2 Å². The van der Waals surface area contributed by atoms with Crippen molar-refractivity contribution in [3.05, 3.63) is 35.0 Å². The van der Waals surface area contributed by atoms with Crippen LogP contribution < -0.4 is 0 Å². The Labute approximate surface area is 135 Å². The molecule has 9 heteroatoms. The van der Waals surface area contributed by atoms with Crippen LogP contribution in [0.1, 0.15) is 35.0 Å². The molecule has 3 heterocycles. The molecule has 9 nitrogen and oxygen atoms in total. The fourth-order valence-corrected chi connectivity index (χ4v) is 1.64. The second-order valence-electron chi connectivity index (χ2n) is 5.02. The molecule has 0 N–H and O–H groups in total. The molecule has 0 unspecified atom stereocenters. The summed E-state index contributed by atoms with van der Waals surface area (Å²) >= 11 is 0. The van der Waals surface area contributed by atoms with E-state index in [-0.39, 0.29) is 0 Å². The minimum absolute atomic E-state index is 0.623. The molecule has 0 spiro atoms. The average Bonchev–Trinajstić information content (AvgIpc) is 3.04. The van der Waals surface area contributed by atoms with Gasteiger partial charge >= 0.3 is 0 Å². The smallest absolute Gasteiger partial charge is 0.223 e. The van der Waals surface area contributed by atoms with Gasteiger partial charge in [0.25, 0.3) is 0 Å². The van der Waals surface area contributed by atoms with E-state index in [2.05, 4.69) is 34.8 Å². The first kappa shape index (κ1) is 18.5. The van der Waals surface area contributed by atoms with Gasteiger partial charge in [0, 0.05) is 21.0 Å². The molecule has 0 aliphatic rings. The van der Waals surface area contributed by atoms with Crippen LogP contribution in [0.4, 0.5) is 0 Å². The highest BCUT2D eigenvalue weighted by atomic mass is 16.5. The molecule has 0 aromatic carbocycles. The Kier molecular flexibility index (Phi) is 6.55. The van der Waals surface area contributed by atoms with Crippen LogP contribution in [0.2, 0.25) is 0 Å². The van der Waals surface area contributed by atoms with Crippen molar-refractivity contribution in [3.63, 3.8) is 0 Å². The Morgan fingerprint density at radius 2 is 1.09 bits per heavy atom. The number of hydrogen-bond acceptors (Lipinski definition) is 7. The van der Waals surface area contributed by atoms with E-state index < -0.39 is 0 Å². The van der Waals surface area contributed by atoms with Gasteiger partial charge in [0.05, 0.1) is 0 Å². The molecule has 0 radical (unpaired) electrons. The first-order chi connectivity index (χ1) is 10.7. The molecular formula is C14H24N8O. The van der Waals surface area contributed by atoms with Crippen molar-refractivity contribution in [3.8, 4) is 0 Å². The van der Waals surface area contributed by atoms with Crippen molar-refractivity contribution in [1.82, 2.24) is 39.7 Å². The maximum Gasteiger partial charge on any atom is 0.223 e. The van der Waals surface area contributed by atoms with Crippen molar-refractivity contribution in [1.29, 1.82) is 0 Å². The first-order valence-electron chi connectivity index (χ1n) is 7.14. The number of aromatic nitrogens is 8. The molecule has 0 saturated heterocycles. The van der Waals surface area contributed by atoms with Crippen LogP contribution >= 0.6 is 0 Å². The number of rotatable bonds is 0. The highest BCUT2D eigenvalue weighted by Crippen LogP contribution is 1.91. The summed E-state index contributed by atoms with van der Waals surface area (Å²) in [5.41, 5.74) is 0. The predicted molar refractivity (Wildman–Crippen MR) is 84.7 cm³/mol. The molecule has 23 heavy (non-hydrogen) atoms. The molecule has 3 rings (SSSR count). The van der Waals surface area contributed by atoms with Crippen LogP contribution in [0.3, 0.4) is 0 Å². The summed E-state index contributed by atoms with van der Waals surface area (Å²) in [4.78, 5) is 12.0. The largest absolute Gasteiger partial charge is 0.340 e. The summed E-state index contributed by atoms with van der Waals surface area (Å²) in [6.07, 6.45) is 0. The van der Waals surface area contributed by atoms with E-state index in [0.717, 1.165) is 23.3 Å². The zero-order valence-electron chi connectivity index (χ0n) is 15.0. The van der Waals surface area contributed by atoms with Crippen LogP contribution in [0.25, 0.3) is 0 Å². The highest BCUT2D eigenvalue weighted by Gasteiger charge is 1.94. The molecule has 0 bridgehead atoms. The monoisotopic (exact) mass is 320 g/mol. The van der Waals surface area contributed by atoms with E-state index >= 15 is 0 Å². The molecule has 0 fully saturated rings. The van der Waals surface area contributed by atoms with Crippen molar-refractivity contribution in [2.75, 3.05) is 0 Å². The van der Waals surface area contributed by atoms with Gasteiger partial charge in [-0.1, -0.05) is 5.16 Å². The Balaban J connectivity index is 0.000000173. The van der Waals surface area contributed by atoms with Crippen LogP contribution in [-0.4, -0.2) is 39.7 Å². The van der Waals surface area contributed by atoms with Gasteiger partial charge in [0.1, 0.15) is 23.3 Å². The van der Waals surface area contributed by atoms with Gasteiger partial charge in [0.15, 0.2) is 5.82 Å². The van der Waals surface area contributed by atoms with E-state index in [4.69, 9.17) is 0 Å². The lowest BCUT2D eigenvalue weighted by atomic mass is 10.7. The van der Waals surface area contributed by atoms with Gasteiger partial charge in [-0.05, 0) is 34.6 Å². The van der Waals surface area contributed by atoms with Crippen molar-refractivity contribution in [2.24, 2.45) is 14.1 Å². The number of nitrogens with zero attached hydrogens (tertiary/aromatic N) is 8. The third-order valence-electron chi connectivity index (χ3n) is 2.80. The SMILES string of the molecule is Cc1nc(C)n(C)n1.Cc1nc(C)n(C)n1.Cc1noc(C)n1. The van der Waals surface area contributed by atoms with Crippen molar-refractivity contribution in [2.45, 2.75) is 41.5 Å². The lowest BCUT2D eigenvalue weighted by molar-refractivity contribution is 0.389. The second-order valence-corrected chi connectivity index (χ2v) is 5.02. The Bertz CT molecular complexity index is 640. The van der Waals surface area contributed by atoms with Gasteiger partial charge in [-0.3, -0.25) is 9.36 Å². The molecule has 0 amide bonds. The van der Waals surface area contributed by atoms with Gasteiger partial charge < -0.3 is 4.52 Å². The average molecular weight is 320 g/mol. The molecule has 3 aromatic heterocycles. The summed E-state index contributed by atoms with van der Waals surface area (Å²) in [6.45, 7) is 11.2. The van der Waals surface area contributed by atoms with E-state index in [9.17, 15) is 0 Å². The molecular weight excluding hydrogens is 296 g/mol. The predicted octanol–water partition coefficient (Wildman–Crippen LogP) is 1.55. The molecule has 3 aromatic rings. The fourth-order valence-electron chi connectivity index (χ4n) is 1.64. The molecule has 0 aliphatic carbocycles. The van der Waals surface area contributed by atoms with Crippen LogP contribution in [0.15, 0.2) is 4.52 Å². The maximum absolute atomic E-state index is 4.60. The summed E-state index contributed by atoms with van der Waals surface area (Å²) < 4.78 is 8.12. The zero-order chi connectivity index (χ0) is 17.6. The van der Waals surface area contributed by atoms with Gasteiger partial charge in [-0.15, -0.1) is 0 Å². The Morgan fingerprint density at radius 1 is 0.652 bits per heavy atom. The summed E-state index contributed by atoms with van der Waals surface area (Å²) in [7, 11) is 3.77. The highest BCUT2D eigenvalue weighted by molar-refractivity contribution is 4.86. The van der Waals surface area contributed by atoms with Gasteiger partial charge in [-0.25, -0.2) is 9.97 Å². The van der Waals surface area contributed by atoms with Gasteiger partial charge in [0.2, 0.25) is 5.89 Å². The fraction of sp³-hybridized carbons (Fsp3) is 0.571. The van der Waals surface area contributed by atoms with Gasteiger partial charge in [-0.2, -0.15) is 15.2 Å². The quantitative estimate of drug-likeness (QED) is 0.619. The first-order valence-corrected chi connectivity index (χ1v) is 7.14. The Morgan fingerprint density at radius 3 is 1.17 bits per heavy atom. The third kappa shape index (κ3) is 6.37. The Hall–Kier alpha value is -2.58. The zero-order valence-corrected chi connectivity index (χ0v) is 15.0. The lowest BCUT2D eigenvalue weighted by Crippen LogP contribution is -1.92. The maximum atomic E-state index is 4.60. The molecule has 0 aliphatic heterocycles. The van der Waals surface area contributed by atoms with Crippen molar-refractivity contribution >= 4 is 0 Å².